The van der Waals surface area contributed by atoms with Gasteiger partial charge in [-0.3, -0.25) is 4.79 Å². The molecule has 19 heavy (non-hydrogen) atoms. The number of unbranched alkanes of at least 4 members (excludes halogenated alkanes) is 2. The van der Waals surface area contributed by atoms with Gasteiger partial charge in [-0.15, -0.1) is 0 Å². The van der Waals surface area contributed by atoms with E-state index >= 15 is 0 Å². The summed E-state index contributed by atoms with van der Waals surface area (Å²) in [7, 11) is 0. The van der Waals surface area contributed by atoms with Crippen LogP contribution in [0, 0.1) is 0 Å². The first-order valence-electron chi connectivity index (χ1n) is 6.78. The molecule has 0 atom stereocenters. The van der Waals surface area contributed by atoms with Crippen LogP contribution in [0.4, 0.5) is 0 Å². The topological polar surface area (TPSA) is 41.5 Å². The number of halogens is 1. The summed E-state index contributed by atoms with van der Waals surface area (Å²) in [5.41, 5.74) is 4.40. The van der Waals surface area contributed by atoms with E-state index in [4.69, 9.17) is 11.6 Å². The molecule has 3 nitrogen and oxygen atoms in total. The molecule has 104 valence electrons. The number of hydrogen-bond donors (Lipinski definition) is 1. The van der Waals surface area contributed by atoms with Gasteiger partial charge in [0.15, 0.2) is 0 Å². The van der Waals surface area contributed by atoms with Crippen molar-refractivity contribution in [3.05, 3.63) is 34.9 Å². The lowest BCUT2D eigenvalue weighted by molar-refractivity contribution is -0.121. The molecule has 0 spiro atoms. The van der Waals surface area contributed by atoms with Crippen molar-refractivity contribution in [1.82, 2.24) is 5.43 Å². The van der Waals surface area contributed by atoms with Gasteiger partial charge in [-0.25, -0.2) is 5.43 Å². The normalized spacial score (nSPS) is 11.4. The molecule has 0 aliphatic heterocycles. The molecule has 1 rings (SSSR count). The minimum absolute atomic E-state index is 0.0265. The van der Waals surface area contributed by atoms with Crippen LogP contribution in [0.5, 0.6) is 0 Å². The minimum atomic E-state index is -0.0265. The van der Waals surface area contributed by atoms with E-state index in [0.717, 1.165) is 37.0 Å². The first-order valence-corrected chi connectivity index (χ1v) is 7.16. The largest absolute Gasteiger partial charge is 0.273 e. The Hall–Kier alpha value is -1.35. The maximum absolute atomic E-state index is 11.6. The molecule has 1 aromatic carbocycles. The molecule has 0 saturated carbocycles. The van der Waals surface area contributed by atoms with Crippen molar-refractivity contribution in [2.75, 3.05) is 0 Å². The molecule has 0 unspecified atom stereocenters. The van der Waals surface area contributed by atoms with Gasteiger partial charge in [0, 0.05) is 11.4 Å². The van der Waals surface area contributed by atoms with Gasteiger partial charge in [0.2, 0.25) is 5.91 Å². The third-order valence-corrected chi connectivity index (χ3v) is 3.05. The summed E-state index contributed by atoms with van der Waals surface area (Å²) >= 11 is 5.95. The van der Waals surface area contributed by atoms with Crippen LogP contribution < -0.4 is 5.43 Å². The standard InChI is InChI=1S/C15H21ClN2O/c1-3-5-6-10-15(19)18-17-14(4-2)12-8-7-9-13(16)11-12/h7-9,11H,3-6,10H2,1-2H3,(H,18,19). The molecular formula is C15H21ClN2O. The molecule has 4 heteroatoms. The Morgan fingerprint density at radius 1 is 1.32 bits per heavy atom. The van der Waals surface area contributed by atoms with Crippen molar-refractivity contribution in [2.45, 2.75) is 46.0 Å². The first kappa shape index (κ1) is 15.7. The number of rotatable bonds is 7. The van der Waals surface area contributed by atoms with Crippen LogP contribution in [0.15, 0.2) is 29.4 Å². The fraction of sp³-hybridized carbons (Fsp3) is 0.467. The predicted octanol–water partition coefficient (Wildman–Crippen LogP) is 4.15. The maximum Gasteiger partial charge on any atom is 0.240 e. The number of carbonyl (C=O) groups is 1. The molecule has 0 aromatic heterocycles. The van der Waals surface area contributed by atoms with Gasteiger partial charge >= 0.3 is 0 Å². The molecule has 1 amide bonds. The van der Waals surface area contributed by atoms with Gasteiger partial charge in [-0.05, 0) is 30.5 Å². The van der Waals surface area contributed by atoms with E-state index in [2.05, 4.69) is 17.5 Å². The third kappa shape index (κ3) is 5.88. The molecule has 0 fully saturated rings. The Labute approximate surface area is 120 Å². The average Bonchev–Trinajstić information content (AvgIpc) is 2.40. The van der Waals surface area contributed by atoms with E-state index in [1.807, 2.05) is 31.2 Å². The van der Waals surface area contributed by atoms with Crippen LogP contribution >= 0.6 is 11.6 Å². The van der Waals surface area contributed by atoms with Crippen molar-refractivity contribution in [3.8, 4) is 0 Å². The molecule has 0 aliphatic carbocycles. The summed E-state index contributed by atoms with van der Waals surface area (Å²) in [4.78, 5) is 11.6. The zero-order valence-electron chi connectivity index (χ0n) is 11.6. The third-order valence-electron chi connectivity index (χ3n) is 2.82. The molecule has 1 N–H and O–H groups in total. The van der Waals surface area contributed by atoms with E-state index in [1.165, 1.54) is 0 Å². The minimum Gasteiger partial charge on any atom is -0.273 e. The Morgan fingerprint density at radius 3 is 2.74 bits per heavy atom. The van der Waals surface area contributed by atoms with Crippen LogP contribution in [0.1, 0.15) is 51.5 Å². The SMILES string of the molecule is CCCCCC(=O)NN=C(CC)c1cccc(Cl)c1. The molecule has 0 saturated heterocycles. The highest BCUT2D eigenvalue weighted by atomic mass is 35.5. The molecule has 0 bridgehead atoms. The van der Waals surface area contributed by atoms with Crippen LogP contribution in [0.25, 0.3) is 0 Å². The van der Waals surface area contributed by atoms with Crippen LogP contribution in [0.3, 0.4) is 0 Å². The number of nitrogens with zero attached hydrogens (tertiary/aromatic N) is 1. The van der Waals surface area contributed by atoms with E-state index in [0.29, 0.717) is 11.4 Å². The lowest BCUT2D eigenvalue weighted by Crippen LogP contribution is -2.19. The molecule has 0 radical (unpaired) electrons. The lowest BCUT2D eigenvalue weighted by Gasteiger charge is -2.05. The smallest absolute Gasteiger partial charge is 0.240 e. The molecule has 1 aromatic rings. The van der Waals surface area contributed by atoms with E-state index in [-0.39, 0.29) is 5.91 Å². The van der Waals surface area contributed by atoms with Crippen LogP contribution in [-0.2, 0) is 4.79 Å². The summed E-state index contributed by atoms with van der Waals surface area (Å²) in [6, 6.07) is 7.50. The Bertz CT molecular complexity index is 444. The van der Waals surface area contributed by atoms with E-state index in [9.17, 15) is 4.79 Å². The number of nitrogens with one attached hydrogen (secondary N) is 1. The second kappa shape index (κ2) is 8.70. The van der Waals surface area contributed by atoms with Crippen molar-refractivity contribution in [1.29, 1.82) is 0 Å². The molecule has 0 aliphatic rings. The second-order valence-corrected chi connectivity index (χ2v) is 4.85. The number of carbonyl (C=O) groups excluding carboxylic acids is 1. The highest BCUT2D eigenvalue weighted by Gasteiger charge is 2.04. The van der Waals surface area contributed by atoms with Crippen molar-refractivity contribution < 1.29 is 4.79 Å². The summed E-state index contributed by atoms with van der Waals surface area (Å²) in [6.45, 7) is 4.12. The fourth-order valence-electron chi connectivity index (χ4n) is 1.74. The number of hydrazone groups is 1. The summed E-state index contributed by atoms with van der Waals surface area (Å²) < 4.78 is 0. The van der Waals surface area contributed by atoms with Gasteiger partial charge < -0.3 is 0 Å². The highest BCUT2D eigenvalue weighted by molar-refractivity contribution is 6.31. The molecule has 0 heterocycles. The lowest BCUT2D eigenvalue weighted by atomic mass is 10.1. The van der Waals surface area contributed by atoms with Gasteiger partial charge in [-0.1, -0.05) is 50.4 Å². The zero-order chi connectivity index (χ0) is 14.1. The Kier molecular flexibility index (Phi) is 7.19. The summed E-state index contributed by atoms with van der Waals surface area (Å²) in [6.07, 6.45) is 4.38. The Balaban J connectivity index is 2.59. The molecular weight excluding hydrogens is 260 g/mol. The Morgan fingerprint density at radius 2 is 2.11 bits per heavy atom. The van der Waals surface area contributed by atoms with Gasteiger partial charge in [-0.2, -0.15) is 5.10 Å². The fourth-order valence-corrected chi connectivity index (χ4v) is 1.93. The average molecular weight is 281 g/mol. The zero-order valence-corrected chi connectivity index (χ0v) is 12.3. The quantitative estimate of drug-likeness (QED) is 0.455. The van der Waals surface area contributed by atoms with Gasteiger partial charge in [0.1, 0.15) is 0 Å². The van der Waals surface area contributed by atoms with E-state index in [1.54, 1.807) is 0 Å². The number of amides is 1. The highest BCUT2D eigenvalue weighted by Crippen LogP contribution is 2.12. The number of hydrogen-bond acceptors (Lipinski definition) is 2. The van der Waals surface area contributed by atoms with Crippen LogP contribution in [0.2, 0.25) is 5.02 Å². The van der Waals surface area contributed by atoms with Crippen molar-refractivity contribution >= 4 is 23.2 Å². The summed E-state index contributed by atoms with van der Waals surface area (Å²) in [5, 5.41) is 4.86. The van der Waals surface area contributed by atoms with E-state index < -0.39 is 0 Å². The number of benzene rings is 1. The van der Waals surface area contributed by atoms with Crippen LogP contribution in [-0.4, -0.2) is 11.6 Å². The predicted molar refractivity (Wildman–Crippen MR) is 80.6 cm³/mol. The summed E-state index contributed by atoms with van der Waals surface area (Å²) in [5.74, 6) is -0.0265. The van der Waals surface area contributed by atoms with Gasteiger partial charge in [0.25, 0.3) is 0 Å². The van der Waals surface area contributed by atoms with Crippen molar-refractivity contribution in [3.63, 3.8) is 0 Å². The van der Waals surface area contributed by atoms with Crippen molar-refractivity contribution in [2.24, 2.45) is 5.10 Å². The van der Waals surface area contributed by atoms with Gasteiger partial charge in [0.05, 0.1) is 5.71 Å². The second-order valence-electron chi connectivity index (χ2n) is 4.41. The monoisotopic (exact) mass is 280 g/mol. The maximum atomic E-state index is 11.6. The first-order chi connectivity index (χ1) is 9.17.